The Morgan fingerprint density at radius 2 is 1.75 bits per heavy atom. The summed E-state index contributed by atoms with van der Waals surface area (Å²) < 4.78 is 4.83. The summed E-state index contributed by atoms with van der Waals surface area (Å²) in [4.78, 5) is 33.7. The molecule has 1 aromatic heterocycles. The fraction of sp³-hybridized carbons (Fsp3) is 0.346. The molecule has 0 radical (unpaired) electrons. The summed E-state index contributed by atoms with van der Waals surface area (Å²) in [7, 11) is 1.42. The zero-order valence-corrected chi connectivity index (χ0v) is 18.5. The maximum atomic E-state index is 12.9. The number of carbonyl (C=O) groups excluding carboxylic acids is 2. The van der Waals surface area contributed by atoms with E-state index in [-0.39, 0.29) is 17.8 Å². The van der Waals surface area contributed by atoms with Crippen molar-refractivity contribution in [1.29, 1.82) is 0 Å². The van der Waals surface area contributed by atoms with Gasteiger partial charge in [-0.2, -0.15) is 0 Å². The highest BCUT2D eigenvalue weighted by Crippen LogP contribution is 2.35. The first kappa shape index (κ1) is 20.5. The number of benzene rings is 2. The Balaban J connectivity index is 1.32. The van der Waals surface area contributed by atoms with Crippen molar-refractivity contribution in [2.45, 2.75) is 26.2 Å². The number of aryl methyl sites for hydroxylation is 1. The molecule has 0 N–H and O–H groups in total. The lowest BCUT2D eigenvalue weighted by Gasteiger charge is -2.30. The number of rotatable bonds is 3. The van der Waals surface area contributed by atoms with Crippen LogP contribution in [0, 0.1) is 12.8 Å². The predicted molar refractivity (Wildman–Crippen MR) is 124 cm³/mol. The Bertz CT molecular complexity index is 1180. The number of anilines is 2. The van der Waals surface area contributed by atoms with Gasteiger partial charge in [-0.05, 0) is 73.7 Å². The molecule has 6 heteroatoms. The summed E-state index contributed by atoms with van der Waals surface area (Å²) in [6.07, 6.45) is 2.27. The first-order valence-corrected chi connectivity index (χ1v) is 11.2. The third-order valence-corrected chi connectivity index (χ3v) is 6.63. The molecule has 0 saturated carbocycles. The van der Waals surface area contributed by atoms with E-state index < -0.39 is 0 Å². The molecule has 0 atom stereocenters. The number of methoxy groups -OCH3 is 1. The quantitative estimate of drug-likeness (QED) is 0.582. The number of hydrogen-bond acceptors (Lipinski definition) is 5. The molecule has 32 heavy (non-hydrogen) atoms. The number of piperidine rings is 1. The minimum absolute atomic E-state index is 0.0151. The second kappa shape index (κ2) is 8.26. The van der Waals surface area contributed by atoms with Crippen LogP contribution in [0.4, 0.5) is 11.5 Å². The number of likely N-dealkylation sites (tertiary alicyclic amines) is 1. The number of ether oxygens (including phenoxy) is 1. The van der Waals surface area contributed by atoms with E-state index in [2.05, 4.69) is 36.1 Å². The number of carbonyl (C=O) groups is 2. The Kier molecular flexibility index (Phi) is 5.29. The van der Waals surface area contributed by atoms with E-state index in [4.69, 9.17) is 9.72 Å². The molecule has 1 amide bonds. The lowest BCUT2D eigenvalue weighted by atomic mass is 9.96. The molecule has 0 bridgehead atoms. The Morgan fingerprint density at radius 3 is 2.47 bits per heavy atom. The third-order valence-electron chi connectivity index (χ3n) is 6.63. The Hall–Kier alpha value is -3.41. The number of amides is 1. The second-order valence-corrected chi connectivity index (χ2v) is 8.71. The third kappa shape index (κ3) is 3.70. The summed E-state index contributed by atoms with van der Waals surface area (Å²) in [5.74, 6) is 0.742. The monoisotopic (exact) mass is 429 g/mol. The predicted octanol–water partition coefficient (Wildman–Crippen LogP) is 4.26. The smallest absolute Gasteiger partial charge is 0.308 e. The molecule has 164 valence electrons. The molecule has 1 saturated heterocycles. The summed E-state index contributed by atoms with van der Waals surface area (Å²) >= 11 is 0. The molecule has 3 heterocycles. The van der Waals surface area contributed by atoms with E-state index >= 15 is 0 Å². The Morgan fingerprint density at radius 1 is 1.00 bits per heavy atom. The van der Waals surface area contributed by atoms with Gasteiger partial charge in [0.05, 0.1) is 18.5 Å². The van der Waals surface area contributed by atoms with Gasteiger partial charge >= 0.3 is 5.97 Å². The Labute approximate surface area is 187 Å². The molecule has 5 rings (SSSR count). The van der Waals surface area contributed by atoms with E-state index in [1.54, 1.807) is 0 Å². The van der Waals surface area contributed by atoms with Crippen LogP contribution >= 0.6 is 0 Å². The van der Waals surface area contributed by atoms with Gasteiger partial charge in [-0.1, -0.05) is 12.1 Å². The molecule has 2 aliphatic rings. The first-order chi connectivity index (χ1) is 15.5. The summed E-state index contributed by atoms with van der Waals surface area (Å²) in [5, 5.41) is 1.17. The second-order valence-electron chi connectivity index (χ2n) is 8.71. The van der Waals surface area contributed by atoms with Crippen LogP contribution in [-0.2, 0) is 16.0 Å². The minimum atomic E-state index is -0.177. The van der Waals surface area contributed by atoms with Crippen molar-refractivity contribution in [3.63, 3.8) is 0 Å². The van der Waals surface area contributed by atoms with Crippen molar-refractivity contribution in [2.75, 3.05) is 31.6 Å². The number of esters is 1. The van der Waals surface area contributed by atoms with E-state index in [1.807, 2.05) is 29.2 Å². The van der Waals surface area contributed by atoms with Crippen molar-refractivity contribution >= 4 is 34.3 Å². The van der Waals surface area contributed by atoms with Gasteiger partial charge in [0.1, 0.15) is 5.82 Å². The lowest BCUT2D eigenvalue weighted by Crippen LogP contribution is -2.40. The first-order valence-electron chi connectivity index (χ1n) is 11.2. The van der Waals surface area contributed by atoms with Crippen molar-refractivity contribution in [3.05, 3.63) is 65.2 Å². The highest BCUT2D eigenvalue weighted by atomic mass is 16.5. The van der Waals surface area contributed by atoms with Crippen LogP contribution in [0.25, 0.3) is 10.9 Å². The van der Waals surface area contributed by atoms with Gasteiger partial charge in [0.25, 0.3) is 5.91 Å². The fourth-order valence-corrected chi connectivity index (χ4v) is 4.77. The standard InChI is InChI=1S/C26H27N3O3/c1-17-3-4-20-16-21-11-14-29(24(21)27-23(20)15-17)22-7-5-18(6-8-22)25(30)28-12-9-19(10-13-28)26(31)32-2/h3-8,15-16,19H,9-14H2,1-2H3. The molecule has 0 unspecified atom stereocenters. The number of fused-ring (bicyclic) bond motifs is 2. The van der Waals surface area contributed by atoms with Crippen molar-refractivity contribution < 1.29 is 14.3 Å². The number of hydrogen-bond donors (Lipinski definition) is 0. The van der Waals surface area contributed by atoms with Gasteiger partial charge < -0.3 is 14.5 Å². The van der Waals surface area contributed by atoms with Gasteiger partial charge in [0, 0.05) is 36.3 Å². The number of pyridine rings is 1. The molecule has 0 spiro atoms. The summed E-state index contributed by atoms with van der Waals surface area (Å²) in [6.45, 7) is 4.12. The topological polar surface area (TPSA) is 62.7 Å². The maximum Gasteiger partial charge on any atom is 0.308 e. The highest BCUT2D eigenvalue weighted by molar-refractivity contribution is 5.95. The molecular weight excluding hydrogens is 402 g/mol. The van der Waals surface area contributed by atoms with Gasteiger partial charge in [0.15, 0.2) is 0 Å². The molecule has 6 nitrogen and oxygen atoms in total. The van der Waals surface area contributed by atoms with Crippen LogP contribution in [0.5, 0.6) is 0 Å². The SMILES string of the molecule is COC(=O)C1CCN(C(=O)c2ccc(N3CCc4cc5ccc(C)cc5nc43)cc2)CC1. The average molecular weight is 430 g/mol. The molecule has 1 fully saturated rings. The number of nitrogens with zero attached hydrogens (tertiary/aromatic N) is 3. The van der Waals surface area contributed by atoms with Crippen molar-refractivity contribution in [1.82, 2.24) is 9.88 Å². The average Bonchev–Trinajstić information content (AvgIpc) is 3.24. The normalized spacial score (nSPS) is 16.3. The summed E-state index contributed by atoms with van der Waals surface area (Å²) in [5.41, 5.74) is 5.19. The highest BCUT2D eigenvalue weighted by Gasteiger charge is 2.29. The summed E-state index contributed by atoms with van der Waals surface area (Å²) in [6, 6.07) is 16.4. The minimum Gasteiger partial charge on any atom is -0.469 e. The van der Waals surface area contributed by atoms with Gasteiger partial charge in [-0.15, -0.1) is 0 Å². The largest absolute Gasteiger partial charge is 0.469 e. The van der Waals surface area contributed by atoms with Gasteiger partial charge in [-0.25, -0.2) is 4.98 Å². The van der Waals surface area contributed by atoms with Gasteiger partial charge in [-0.3, -0.25) is 9.59 Å². The van der Waals surface area contributed by atoms with E-state index in [1.165, 1.54) is 23.6 Å². The maximum absolute atomic E-state index is 12.9. The van der Waals surface area contributed by atoms with Crippen LogP contribution < -0.4 is 4.90 Å². The number of aromatic nitrogens is 1. The van der Waals surface area contributed by atoms with E-state index in [0.29, 0.717) is 31.5 Å². The van der Waals surface area contributed by atoms with Crippen LogP contribution in [-0.4, -0.2) is 48.5 Å². The lowest BCUT2D eigenvalue weighted by molar-refractivity contribution is -0.146. The van der Waals surface area contributed by atoms with Crippen molar-refractivity contribution in [2.24, 2.45) is 5.92 Å². The van der Waals surface area contributed by atoms with Crippen molar-refractivity contribution in [3.8, 4) is 0 Å². The molecular formula is C26H27N3O3. The van der Waals surface area contributed by atoms with Crippen LogP contribution in [0.2, 0.25) is 0 Å². The zero-order chi connectivity index (χ0) is 22.2. The molecule has 0 aliphatic carbocycles. The zero-order valence-electron chi connectivity index (χ0n) is 18.5. The van der Waals surface area contributed by atoms with E-state index in [0.717, 1.165) is 30.0 Å². The van der Waals surface area contributed by atoms with Crippen LogP contribution in [0.15, 0.2) is 48.5 Å². The molecule has 2 aliphatic heterocycles. The van der Waals surface area contributed by atoms with Crippen LogP contribution in [0.3, 0.4) is 0 Å². The molecule has 3 aromatic rings. The fourth-order valence-electron chi connectivity index (χ4n) is 4.77. The van der Waals surface area contributed by atoms with Crippen LogP contribution in [0.1, 0.15) is 34.3 Å². The van der Waals surface area contributed by atoms with Gasteiger partial charge in [0.2, 0.25) is 0 Å². The molecule has 2 aromatic carbocycles. The van der Waals surface area contributed by atoms with E-state index in [9.17, 15) is 9.59 Å².